The van der Waals surface area contributed by atoms with E-state index in [4.69, 9.17) is 5.73 Å². The van der Waals surface area contributed by atoms with Crippen LogP contribution in [0.5, 0.6) is 0 Å². The molecule has 4 nitrogen and oxygen atoms in total. The van der Waals surface area contributed by atoms with Crippen molar-refractivity contribution in [1.82, 2.24) is 9.78 Å². The summed E-state index contributed by atoms with van der Waals surface area (Å²) in [5, 5.41) is 4.16. The summed E-state index contributed by atoms with van der Waals surface area (Å²) in [5.74, 6) is 0. The molecule has 4 heteroatoms. The van der Waals surface area contributed by atoms with Gasteiger partial charge in [-0.1, -0.05) is 13.3 Å². The predicted molar refractivity (Wildman–Crippen MR) is 51.4 cm³/mol. The van der Waals surface area contributed by atoms with Crippen molar-refractivity contribution in [2.75, 3.05) is 0 Å². The van der Waals surface area contributed by atoms with Crippen LogP contribution < -0.4 is 11.3 Å². The van der Waals surface area contributed by atoms with E-state index in [1.54, 1.807) is 13.1 Å². The molecule has 0 amide bonds. The van der Waals surface area contributed by atoms with E-state index in [0.29, 0.717) is 6.54 Å². The van der Waals surface area contributed by atoms with Gasteiger partial charge in [-0.05, 0) is 12.0 Å². The first-order valence-corrected chi connectivity index (χ1v) is 4.45. The van der Waals surface area contributed by atoms with Crippen LogP contribution in [0, 0.1) is 0 Å². The highest BCUT2D eigenvalue weighted by Gasteiger charge is 2.04. The molecule has 1 aromatic heterocycles. The van der Waals surface area contributed by atoms with Crippen LogP contribution in [-0.4, -0.2) is 9.78 Å². The maximum atomic E-state index is 11.2. The second kappa shape index (κ2) is 4.18. The lowest BCUT2D eigenvalue weighted by molar-refractivity contribution is 0.659. The monoisotopic (exact) mass is 181 g/mol. The zero-order valence-corrected chi connectivity index (χ0v) is 8.08. The number of nitrogens with zero attached hydrogens (tertiary/aromatic N) is 2. The predicted octanol–water partition coefficient (Wildman–Crippen LogP) is 0.192. The van der Waals surface area contributed by atoms with Gasteiger partial charge in [0.2, 0.25) is 0 Å². The lowest BCUT2D eigenvalue weighted by Gasteiger charge is -2.06. The molecule has 0 radical (unpaired) electrons. The number of aromatic nitrogens is 2. The van der Waals surface area contributed by atoms with Crippen molar-refractivity contribution in [3.05, 3.63) is 27.7 Å². The minimum absolute atomic E-state index is 0.0969. The number of hydrogen-bond donors (Lipinski definition) is 1. The van der Waals surface area contributed by atoms with E-state index >= 15 is 0 Å². The van der Waals surface area contributed by atoms with E-state index in [0.717, 1.165) is 24.1 Å². The van der Waals surface area contributed by atoms with E-state index in [2.05, 4.69) is 12.0 Å². The van der Waals surface area contributed by atoms with Crippen LogP contribution in [0.3, 0.4) is 0 Å². The van der Waals surface area contributed by atoms with Gasteiger partial charge in [0.25, 0.3) is 5.56 Å². The zero-order chi connectivity index (χ0) is 9.84. The number of hydrogen-bond acceptors (Lipinski definition) is 3. The fourth-order valence-corrected chi connectivity index (χ4v) is 1.24. The largest absolute Gasteiger partial charge is 0.326 e. The molecule has 2 N–H and O–H groups in total. The van der Waals surface area contributed by atoms with Crippen LogP contribution in [-0.2, 0) is 20.0 Å². The summed E-state index contributed by atoms with van der Waals surface area (Å²) in [6.07, 6.45) is 1.89. The molecule has 0 aliphatic heterocycles. The van der Waals surface area contributed by atoms with Crippen molar-refractivity contribution >= 4 is 0 Å². The molecule has 0 fully saturated rings. The Morgan fingerprint density at radius 3 is 2.85 bits per heavy atom. The Hall–Kier alpha value is -1.16. The Kier molecular flexibility index (Phi) is 3.19. The first kappa shape index (κ1) is 9.92. The van der Waals surface area contributed by atoms with E-state index < -0.39 is 0 Å². The molecule has 1 heterocycles. The number of nitrogens with two attached hydrogens (primary N) is 1. The van der Waals surface area contributed by atoms with Crippen LogP contribution in [0.15, 0.2) is 10.9 Å². The van der Waals surface area contributed by atoms with E-state index in [9.17, 15) is 4.79 Å². The third kappa shape index (κ3) is 2.15. The smallest absolute Gasteiger partial charge is 0.266 e. The average Bonchev–Trinajstić information content (AvgIpc) is 2.11. The van der Waals surface area contributed by atoms with Crippen molar-refractivity contribution in [2.24, 2.45) is 12.8 Å². The van der Waals surface area contributed by atoms with Crippen molar-refractivity contribution in [3.8, 4) is 0 Å². The summed E-state index contributed by atoms with van der Waals surface area (Å²) in [6.45, 7) is 2.46. The molecule has 1 rings (SSSR count). The third-order valence-electron chi connectivity index (χ3n) is 1.96. The molecule has 0 bridgehead atoms. The zero-order valence-electron chi connectivity index (χ0n) is 8.08. The fourth-order valence-electron chi connectivity index (χ4n) is 1.24. The maximum absolute atomic E-state index is 11.2. The molecule has 0 spiro atoms. The Balaban J connectivity index is 3.16. The summed E-state index contributed by atoms with van der Waals surface area (Å²) in [6, 6.07) is 1.57. The second-order valence-corrected chi connectivity index (χ2v) is 3.03. The highest BCUT2D eigenvalue weighted by molar-refractivity contribution is 5.17. The van der Waals surface area contributed by atoms with Crippen LogP contribution in [0.4, 0.5) is 0 Å². The summed E-state index contributed by atoms with van der Waals surface area (Å²) in [4.78, 5) is 11.2. The normalized spacial score (nSPS) is 10.4. The molecule has 0 saturated heterocycles. The van der Waals surface area contributed by atoms with Crippen molar-refractivity contribution in [2.45, 2.75) is 26.3 Å². The van der Waals surface area contributed by atoms with Crippen molar-refractivity contribution < 1.29 is 0 Å². The van der Waals surface area contributed by atoms with Gasteiger partial charge in [0.15, 0.2) is 0 Å². The Labute approximate surface area is 77.4 Å². The molecular weight excluding hydrogens is 166 g/mol. The van der Waals surface area contributed by atoms with E-state index in [1.807, 2.05) is 0 Å². The molecule has 1 aromatic rings. The Morgan fingerprint density at radius 2 is 2.31 bits per heavy atom. The summed E-state index contributed by atoms with van der Waals surface area (Å²) < 4.78 is 1.35. The highest BCUT2D eigenvalue weighted by Crippen LogP contribution is 2.03. The summed E-state index contributed by atoms with van der Waals surface area (Å²) >= 11 is 0. The first-order chi connectivity index (χ1) is 6.19. The molecular formula is C9H15N3O. The third-order valence-corrected chi connectivity index (χ3v) is 1.96. The Bertz CT molecular complexity index is 343. The Morgan fingerprint density at radius 1 is 1.62 bits per heavy atom. The van der Waals surface area contributed by atoms with Gasteiger partial charge < -0.3 is 5.73 Å². The van der Waals surface area contributed by atoms with Gasteiger partial charge >= 0.3 is 0 Å². The molecule has 13 heavy (non-hydrogen) atoms. The van der Waals surface area contributed by atoms with Crippen molar-refractivity contribution in [3.63, 3.8) is 0 Å². The van der Waals surface area contributed by atoms with E-state index in [-0.39, 0.29) is 5.56 Å². The molecule has 0 saturated carbocycles. The minimum atomic E-state index is -0.0969. The lowest BCUT2D eigenvalue weighted by atomic mass is 10.1. The topological polar surface area (TPSA) is 60.9 Å². The quantitative estimate of drug-likeness (QED) is 0.724. The first-order valence-electron chi connectivity index (χ1n) is 4.45. The van der Waals surface area contributed by atoms with Crippen molar-refractivity contribution in [1.29, 1.82) is 0 Å². The van der Waals surface area contributed by atoms with Gasteiger partial charge in [-0.15, -0.1) is 0 Å². The molecule has 0 aromatic carbocycles. The minimum Gasteiger partial charge on any atom is -0.326 e. The molecule has 0 unspecified atom stereocenters. The molecule has 72 valence electrons. The molecule has 0 aliphatic carbocycles. The number of rotatable bonds is 3. The van der Waals surface area contributed by atoms with Gasteiger partial charge in [-0.3, -0.25) is 4.79 Å². The van der Waals surface area contributed by atoms with Gasteiger partial charge in [0.05, 0.1) is 5.69 Å². The second-order valence-electron chi connectivity index (χ2n) is 3.03. The number of aryl methyl sites for hydroxylation is 2. The van der Waals surface area contributed by atoms with Gasteiger partial charge in [0.1, 0.15) is 0 Å². The highest BCUT2D eigenvalue weighted by atomic mass is 16.1. The van der Waals surface area contributed by atoms with Crippen LogP contribution in [0.25, 0.3) is 0 Å². The van der Waals surface area contributed by atoms with Crippen LogP contribution in [0.1, 0.15) is 24.6 Å². The summed E-state index contributed by atoms with van der Waals surface area (Å²) in [5.41, 5.74) is 7.22. The van der Waals surface area contributed by atoms with Gasteiger partial charge in [-0.25, -0.2) is 4.68 Å². The molecule has 0 atom stereocenters. The van der Waals surface area contributed by atoms with Gasteiger partial charge in [-0.2, -0.15) is 5.10 Å². The van der Waals surface area contributed by atoms with Gasteiger partial charge in [0, 0.05) is 19.7 Å². The van der Waals surface area contributed by atoms with Crippen LogP contribution >= 0.6 is 0 Å². The lowest BCUT2D eigenvalue weighted by Crippen LogP contribution is -2.23. The van der Waals surface area contributed by atoms with E-state index in [1.165, 1.54) is 4.68 Å². The van der Waals surface area contributed by atoms with Crippen LogP contribution in [0.2, 0.25) is 0 Å². The standard InChI is InChI=1S/C9H15N3O/c1-3-4-8-7(6-10)5-9(13)12(2)11-8/h5H,3-4,6,10H2,1-2H3. The summed E-state index contributed by atoms with van der Waals surface area (Å²) in [7, 11) is 1.65. The fraction of sp³-hybridized carbons (Fsp3) is 0.556. The SMILES string of the molecule is CCCc1nn(C)c(=O)cc1CN. The average molecular weight is 181 g/mol. The molecule has 0 aliphatic rings. The maximum Gasteiger partial charge on any atom is 0.266 e.